The molecule has 2 aromatic carbocycles. The molecule has 0 aliphatic carbocycles. The first-order valence-corrected chi connectivity index (χ1v) is 7.22. The number of fused-ring (bicyclic) bond motifs is 1. The number of aromatic nitrogens is 2. The minimum atomic E-state index is -0.189. The maximum absolute atomic E-state index is 12.8. The normalized spacial score (nSPS) is 11.0. The summed E-state index contributed by atoms with van der Waals surface area (Å²) in [5.74, 6) is 2.47. The van der Waals surface area contributed by atoms with Gasteiger partial charge in [-0.05, 0) is 29.8 Å². The van der Waals surface area contributed by atoms with Crippen LogP contribution in [0.4, 0.5) is 4.39 Å². The second-order valence-electron chi connectivity index (χ2n) is 4.32. The van der Waals surface area contributed by atoms with E-state index in [0.717, 1.165) is 33.9 Å². The molecule has 0 unspecified atom stereocenters. The van der Waals surface area contributed by atoms with Crippen LogP contribution in [0.2, 0.25) is 0 Å². The molecule has 0 saturated heterocycles. The van der Waals surface area contributed by atoms with Gasteiger partial charge >= 0.3 is 0 Å². The Morgan fingerprint density at radius 1 is 1.00 bits per heavy atom. The van der Waals surface area contributed by atoms with E-state index in [0.29, 0.717) is 0 Å². The molecule has 1 aromatic heterocycles. The van der Waals surface area contributed by atoms with Crippen molar-refractivity contribution in [2.45, 2.75) is 11.5 Å². The molecule has 19 heavy (non-hydrogen) atoms. The molecule has 4 heteroatoms. The van der Waals surface area contributed by atoms with Gasteiger partial charge in [-0.1, -0.05) is 24.3 Å². The molecule has 1 heterocycles. The van der Waals surface area contributed by atoms with E-state index in [1.807, 2.05) is 36.4 Å². The predicted octanol–water partition coefficient (Wildman–Crippen LogP) is 4.14. The summed E-state index contributed by atoms with van der Waals surface area (Å²) in [6.07, 6.45) is 0. The number of nitrogens with one attached hydrogen (secondary N) is 1. The van der Waals surface area contributed by atoms with Gasteiger partial charge in [-0.25, -0.2) is 9.37 Å². The molecule has 0 amide bonds. The van der Waals surface area contributed by atoms with Gasteiger partial charge in [-0.15, -0.1) is 11.8 Å². The topological polar surface area (TPSA) is 28.7 Å². The number of para-hydroxylation sites is 2. The van der Waals surface area contributed by atoms with Crippen LogP contribution in [-0.4, -0.2) is 9.97 Å². The number of thioether (sulfide) groups is 1. The number of aromatic amines is 1. The lowest BCUT2D eigenvalue weighted by Gasteiger charge is -2.00. The van der Waals surface area contributed by atoms with Crippen molar-refractivity contribution in [1.29, 1.82) is 0 Å². The van der Waals surface area contributed by atoms with Crippen LogP contribution >= 0.6 is 11.8 Å². The van der Waals surface area contributed by atoms with E-state index < -0.39 is 0 Å². The van der Waals surface area contributed by atoms with Gasteiger partial charge < -0.3 is 4.98 Å². The first kappa shape index (κ1) is 12.2. The highest BCUT2D eigenvalue weighted by Gasteiger charge is 2.02. The molecule has 0 saturated carbocycles. The largest absolute Gasteiger partial charge is 0.341 e. The Bertz CT molecular complexity index is 643. The number of H-pyrrole nitrogens is 1. The number of halogens is 1. The first-order valence-electron chi connectivity index (χ1n) is 6.07. The number of hydrogen-bond acceptors (Lipinski definition) is 2. The standard InChI is InChI=1S/C15H13FN2S/c16-12-7-5-11(6-8-12)9-19-10-15-17-13-3-1-2-4-14(13)18-15/h1-8H,9-10H2,(H,17,18). The Labute approximate surface area is 115 Å². The van der Waals surface area contributed by atoms with E-state index in [2.05, 4.69) is 9.97 Å². The van der Waals surface area contributed by atoms with Crippen molar-refractivity contribution in [3.05, 3.63) is 65.7 Å². The van der Waals surface area contributed by atoms with E-state index in [-0.39, 0.29) is 5.82 Å². The van der Waals surface area contributed by atoms with E-state index in [1.54, 1.807) is 11.8 Å². The van der Waals surface area contributed by atoms with Gasteiger partial charge in [0.2, 0.25) is 0 Å². The van der Waals surface area contributed by atoms with Crippen molar-refractivity contribution in [3.8, 4) is 0 Å². The van der Waals surface area contributed by atoms with Gasteiger partial charge in [0.05, 0.1) is 16.8 Å². The summed E-state index contributed by atoms with van der Waals surface area (Å²) in [5.41, 5.74) is 3.20. The molecule has 0 aliphatic rings. The molecule has 0 radical (unpaired) electrons. The first-order chi connectivity index (χ1) is 9.31. The Hall–Kier alpha value is -1.81. The molecule has 96 valence electrons. The van der Waals surface area contributed by atoms with Crippen LogP contribution in [0.25, 0.3) is 11.0 Å². The molecule has 3 rings (SSSR count). The Balaban J connectivity index is 1.61. The highest BCUT2D eigenvalue weighted by Crippen LogP contribution is 2.18. The van der Waals surface area contributed by atoms with Crippen molar-refractivity contribution in [3.63, 3.8) is 0 Å². The average molecular weight is 272 g/mol. The lowest BCUT2D eigenvalue weighted by Crippen LogP contribution is -1.86. The summed E-state index contributed by atoms with van der Waals surface area (Å²) in [7, 11) is 0. The number of hydrogen-bond donors (Lipinski definition) is 1. The van der Waals surface area contributed by atoms with Crippen LogP contribution < -0.4 is 0 Å². The molecule has 0 aliphatic heterocycles. The smallest absolute Gasteiger partial charge is 0.123 e. The average Bonchev–Trinajstić information content (AvgIpc) is 2.83. The lowest BCUT2D eigenvalue weighted by atomic mass is 10.2. The van der Waals surface area contributed by atoms with Crippen LogP contribution in [0.1, 0.15) is 11.4 Å². The van der Waals surface area contributed by atoms with E-state index in [1.165, 1.54) is 12.1 Å². The van der Waals surface area contributed by atoms with Crippen LogP contribution in [0.5, 0.6) is 0 Å². The van der Waals surface area contributed by atoms with E-state index >= 15 is 0 Å². The number of benzene rings is 2. The molecule has 0 bridgehead atoms. The quantitative estimate of drug-likeness (QED) is 0.773. The van der Waals surface area contributed by atoms with Gasteiger partial charge in [0.25, 0.3) is 0 Å². The van der Waals surface area contributed by atoms with Crippen LogP contribution in [0, 0.1) is 5.82 Å². The second kappa shape index (κ2) is 5.45. The predicted molar refractivity (Wildman–Crippen MR) is 77.5 cm³/mol. The zero-order valence-corrected chi connectivity index (χ0v) is 11.1. The Kier molecular flexibility index (Phi) is 3.51. The summed E-state index contributed by atoms with van der Waals surface area (Å²) < 4.78 is 12.8. The zero-order valence-electron chi connectivity index (χ0n) is 10.3. The summed E-state index contributed by atoms with van der Waals surface area (Å²) >= 11 is 1.76. The van der Waals surface area contributed by atoms with Gasteiger partial charge in [-0.3, -0.25) is 0 Å². The SMILES string of the molecule is Fc1ccc(CSCc2nc3ccccc3[nH]2)cc1. The van der Waals surface area contributed by atoms with Gasteiger partial charge in [0, 0.05) is 5.75 Å². The zero-order chi connectivity index (χ0) is 13.1. The van der Waals surface area contributed by atoms with Gasteiger partial charge in [-0.2, -0.15) is 0 Å². The second-order valence-corrected chi connectivity index (χ2v) is 5.31. The molecule has 0 atom stereocenters. The van der Waals surface area contributed by atoms with Crippen LogP contribution in [-0.2, 0) is 11.5 Å². The molecule has 2 nitrogen and oxygen atoms in total. The van der Waals surface area contributed by atoms with Crippen molar-refractivity contribution < 1.29 is 4.39 Å². The van der Waals surface area contributed by atoms with Crippen molar-refractivity contribution in [2.75, 3.05) is 0 Å². The molecule has 0 fully saturated rings. The van der Waals surface area contributed by atoms with E-state index in [9.17, 15) is 4.39 Å². The molecule has 3 aromatic rings. The minimum absolute atomic E-state index is 0.189. The van der Waals surface area contributed by atoms with Crippen molar-refractivity contribution in [2.24, 2.45) is 0 Å². The third-order valence-electron chi connectivity index (χ3n) is 2.86. The lowest BCUT2D eigenvalue weighted by molar-refractivity contribution is 0.627. The maximum atomic E-state index is 12.8. The highest BCUT2D eigenvalue weighted by molar-refractivity contribution is 7.97. The Morgan fingerprint density at radius 2 is 1.79 bits per heavy atom. The maximum Gasteiger partial charge on any atom is 0.123 e. The summed E-state index contributed by atoms with van der Waals surface area (Å²) in [5, 5.41) is 0. The summed E-state index contributed by atoms with van der Waals surface area (Å²) in [6, 6.07) is 14.6. The van der Waals surface area contributed by atoms with Gasteiger partial charge in [0.15, 0.2) is 0 Å². The van der Waals surface area contributed by atoms with Crippen LogP contribution in [0.3, 0.4) is 0 Å². The van der Waals surface area contributed by atoms with Crippen molar-refractivity contribution >= 4 is 22.8 Å². The Morgan fingerprint density at radius 3 is 2.58 bits per heavy atom. The molecular weight excluding hydrogens is 259 g/mol. The summed E-state index contributed by atoms with van der Waals surface area (Å²) in [6.45, 7) is 0. The fourth-order valence-electron chi connectivity index (χ4n) is 1.92. The monoisotopic (exact) mass is 272 g/mol. The van der Waals surface area contributed by atoms with Gasteiger partial charge in [0.1, 0.15) is 11.6 Å². The number of imidazole rings is 1. The highest BCUT2D eigenvalue weighted by atomic mass is 32.2. The summed E-state index contributed by atoms with van der Waals surface area (Å²) in [4.78, 5) is 7.82. The fourth-order valence-corrected chi connectivity index (χ4v) is 2.78. The molecule has 1 N–H and O–H groups in total. The fraction of sp³-hybridized carbons (Fsp3) is 0.133. The molecular formula is C15H13FN2S. The molecule has 0 spiro atoms. The third-order valence-corrected chi connectivity index (χ3v) is 3.87. The minimum Gasteiger partial charge on any atom is -0.341 e. The third kappa shape index (κ3) is 2.96. The van der Waals surface area contributed by atoms with Crippen molar-refractivity contribution in [1.82, 2.24) is 9.97 Å². The van der Waals surface area contributed by atoms with Crippen LogP contribution in [0.15, 0.2) is 48.5 Å². The number of rotatable bonds is 4. The van der Waals surface area contributed by atoms with E-state index in [4.69, 9.17) is 0 Å². The number of nitrogens with zero attached hydrogens (tertiary/aromatic N) is 1.